The van der Waals surface area contributed by atoms with Crippen LogP contribution in [0.5, 0.6) is 0 Å². The van der Waals surface area contributed by atoms with Gasteiger partial charge in [-0.05, 0) is 35.7 Å². The molecule has 0 saturated carbocycles. The highest BCUT2D eigenvalue weighted by atomic mass is 79.9. The summed E-state index contributed by atoms with van der Waals surface area (Å²) in [5, 5.41) is 2.90. The van der Waals surface area contributed by atoms with Crippen molar-refractivity contribution in [3.8, 4) is 0 Å². The Balaban J connectivity index is 2.26. The smallest absolute Gasteiger partial charge is 0.207 e. The van der Waals surface area contributed by atoms with E-state index >= 15 is 0 Å². The Hall–Kier alpha value is -0.910. The van der Waals surface area contributed by atoms with Gasteiger partial charge >= 0.3 is 0 Å². The van der Waals surface area contributed by atoms with Crippen LogP contribution < -0.4 is 0 Å². The summed E-state index contributed by atoms with van der Waals surface area (Å²) in [6.07, 6.45) is 1.83. The maximum Gasteiger partial charge on any atom is 0.242 e. The third kappa shape index (κ3) is 3.40. The van der Waals surface area contributed by atoms with Crippen molar-refractivity contribution in [2.24, 2.45) is 0 Å². The van der Waals surface area contributed by atoms with Crippen LogP contribution in [0, 0.1) is 0 Å². The van der Waals surface area contributed by atoms with E-state index in [2.05, 4.69) is 15.9 Å². The fourth-order valence-electron chi connectivity index (χ4n) is 2.06. The van der Waals surface area contributed by atoms with Crippen molar-refractivity contribution in [1.29, 1.82) is 0 Å². The molecule has 0 aromatic heterocycles. The third-order valence-electron chi connectivity index (χ3n) is 3.29. The standard InChI is InChI=1S/C15H18BrNO2S/c1-17(11-5-4-10-16)20(18,19)15-9-8-13-6-2-3-7-14(13)12-15/h2-3,6-9,12H,4-5,10-11H2,1H3. The summed E-state index contributed by atoms with van der Waals surface area (Å²) >= 11 is 3.35. The van der Waals surface area contributed by atoms with Gasteiger partial charge in [-0.25, -0.2) is 12.7 Å². The molecular formula is C15H18BrNO2S. The highest BCUT2D eigenvalue weighted by molar-refractivity contribution is 9.09. The number of benzene rings is 2. The van der Waals surface area contributed by atoms with E-state index in [1.165, 1.54) is 4.31 Å². The first-order valence-corrected chi connectivity index (χ1v) is 9.13. The lowest BCUT2D eigenvalue weighted by Crippen LogP contribution is -2.28. The number of hydrogen-bond donors (Lipinski definition) is 0. The van der Waals surface area contributed by atoms with Gasteiger partial charge in [0.25, 0.3) is 0 Å². The van der Waals surface area contributed by atoms with Crippen molar-refractivity contribution >= 4 is 36.7 Å². The van der Waals surface area contributed by atoms with Crippen LogP contribution >= 0.6 is 15.9 Å². The van der Waals surface area contributed by atoms with Gasteiger partial charge in [0.2, 0.25) is 10.0 Å². The molecule has 0 atom stereocenters. The van der Waals surface area contributed by atoms with Gasteiger partial charge < -0.3 is 0 Å². The molecule has 0 fully saturated rings. The molecule has 0 bridgehead atoms. The highest BCUT2D eigenvalue weighted by Crippen LogP contribution is 2.21. The van der Waals surface area contributed by atoms with Crippen LogP contribution in [0.15, 0.2) is 47.4 Å². The Labute approximate surface area is 128 Å². The molecule has 0 N–H and O–H groups in total. The molecular weight excluding hydrogens is 338 g/mol. The van der Waals surface area contributed by atoms with E-state index in [0.717, 1.165) is 28.9 Å². The molecule has 0 radical (unpaired) electrons. The van der Waals surface area contributed by atoms with Gasteiger partial charge in [0, 0.05) is 18.9 Å². The van der Waals surface area contributed by atoms with Gasteiger partial charge in [-0.3, -0.25) is 0 Å². The summed E-state index contributed by atoms with van der Waals surface area (Å²) in [7, 11) is -1.76. The van der Waals surface area contributed by atoms with Gasteiger partial charge in [-0.15, -0.1) is 0 Å². The van der Waals surface area contributed by atoms with Crippen LogP contribution in [0.4, 0.5) is 0 Å². The maximum atomic E-state index is 12.5. The first-order valence-electron chi connectivity index (χ1n) is 6.57. The molecule has 5 heteroatoms. The predicted octanol–water partition coefficient (Wildman–Crippen LogP) is 3.64. The first kappa shape index (κ1) is 15.5. The van der Waals surface area contributed by atoms with E-state index < -0.39 is 10.0 Å². The number of halogens is 1. The summed E-state index contributed by atoms with van der Waals surface area (Å²) in [4.78, 5) is 0.359. The van der Waals surface area contributed by atoms with Crippen molar-refractivity contribution in [3.63, 3.8) is 0 Å². The van der Waals surface area contributed by atoms with Gasteiger partial charge in [0.05, 0.1) is 4.90 Å². The van der Waals surface area contributed by atoms with E-state index in [1.54, 1.807) is 19.2 Å². The number of sulfonamides is 1. The van der Waals surface area contributed by atoms with Gasteiger partial charge in [-0.1, -0.05) is 46.3 Å². The number of unbranched alkanes of at least 4 members (excludes halogenated alkanes) is 1. The molecule has 108 valence electrons. The van der Waals surface area contributed by atoms with E-state index in [0.29, 0.717) is 11.4 Å². The summed E-state index contributed by atoms with van der Waals surface area (Å²) in [6.45, 7) is 0.542. The number of hydrogen-bond acceptors (Lipinski definition) is 2. The first-order chi connectivity index (χ1) is 9.55. The molecule has 2 aromatic rings. The minimum atomic E-state index is -3.39. The second-order valence-electron chi connectivity index (χ2n) is 4.73. The number of alkyl halides is 1. The zero-order valence-corrected chi connectivity index (χ0v) is 13.8. The Kier molecular flexibility index (Phi) is 5.18. The lowest BCUT2D eigenvalue weighted by Gasteiger charge is -2.17. The highest BCUT2D eigenvalue weighted by Gasteiger charge is 2.20. The average Bonchev–Trinajstić information content (AvgIpc) is 2.46. The molecule has 0 unspecified atom stereocenters. The normalized spacial score (nSPS) is 12.2. The van der Waals surface area contributed by atoms with Crippen LogP contribution in [-0.4, -0.2) is 31.6 Å². The SMILES string of the molecule is CN(CCCCBr)S(=O)(=O)c1ccc2ccccc2c1. The Morgan fingerprint density at radius 2 is 1.75 bits per heavy atom. The second-order valence-corrected chi connectivity index (χ2v) is 7.57. The van der Waals surface area contributed by atoms with Crippen molar-refractivity contribution in [2.45, 2.75) is 17.7 Å². The van der Waals surface area contributed by atoms with Gasteiger partial charge in [0.1, 0.15) is 0 Å². The predicted molar refractivity (Wildman–Crippen MR) is 86.8 cm³/mol. The Morgan fingerprint density at radius 3 is 2.45 bits per heavy atom. The minimum absolute atomic E-state index is 0.359. The molecule has 0 aliphatic rings. The number of nitrogens with zero attached hydrogens (tertiary/aromatic N) is 1. The maximum absolute atomic E-state index is 12.5. The quantitative estimate of drug-likeness (QED) is 0.585. The van der Waals surface area contributed by atoms with Gasteiger partial charge in [-0.2, -0.15) is 0 Å². The molecule has 2 aromatic carbocycles. The molecule has 3 nitrogen and oxygen atoms in total. The third-order valence-corrected chi connectivity index (χ3v) is 5.70. The molecule has 20 heavy (non-hydrogen) atoms. The molecule has 0 heterocycles. The monoisotopic (exact) mass is 355 g/mol. The van der Waals surface area contributed by atoms with Gasteiger partial charge in [0.15, 0.2) is 0 Å². The molecule has 0 spiro atoms. The average molecular weight is 356 g/mol. The van der Waals surface area contributed by atoms with Crippen molar-refractivity contribution in [1.82, 2.24) is 4.31 Å². The second kappa shape index (κ2) is 6.70. The lowest BCUT2D eigenvalue weighted by molar-refractivity contribution is 0.460. The van der Waals surface area contributed by atoms with Crippen molar-refractivity contribution < 1.29 is 8.42 Å². The van der Waals surface area contributed by atoms with Crippen LogP contribution in [0.25, 0.3) is 10.8 Å². The zero-order chi connectivity index (χ0) is 14.6. The molecule has 2 rings (SSSR count). The van der Waals surface area contributed by atoms with Crippen molar-refractivity contribution in [2.75, 3.05) is 18.9 Å². The summed E-state index contributed by atoms with van der Waals surface area (Å²) in [5.41, 5.74) is 0. The Morgan fingerprint density at radius 1 is 1.05 bits per heavy atom. The number of fused-ring (bicyclic) bond motifs is 1. The largest absolute Gasteiger partial charge is 0.242 e. The number of rotatable bonds is 6. The van der Waals surface area contributed by atoms with Crippen molar-refractivity contribution in [3.05, 3.63) is 42.5 Å². The summed E-state index contributed by atoms with van der Waals surface area (Å²) in [6, 6.07) is 13.0. The van der Waals surface area contributed by atoms with Crippen LogP contribution in [0.3, 0.4) is 0 Å². The van der Waals surface area contributed by atoms with Crippen LogP contribution in [-0.2, 0) is 10.0 Å². The molecule has 0 saturated heterocycles. The zero-order valence-electron chi connectivity index (χ0n) is 11.4. The van der Waals surface area contributed by atoms with E-state index in [4.69, 9.17) is 0 Å². The Bertz CT molecular complexity index is 685. The van der Waals surface area contributed by atoms with E-state index in [1.807, 2.05) is 30.3 Å². The van der Waals surface area contributed by atoms with E-state index in [9.17, 15) is 8.42 Å². The molecule has 0 aliphatic heterocycles. The van der Waals surface area contributed by atoms with E-state index in [-0.39, 0.29) is 0 Å². The fourth-order valence-corrected chi connectivity index (χ4v) is 3.70. The summed E-state index contributed by atoms with van der Waals surface area (Å²) < 4.78 is 26.4. The lowest BCUT2D eigenvalue weighted by atomic mass is 10.1. The topological polar surface area (TPSA) is 37.4 Å². The minimum Gasteiger partial charge on any atom is -0.207 e. The fraction of sp³-hybridized carbons (Fsp3) is 0.333. The molecule has 0 aliphatic carbocycles. The van der Waals surface area contributed by atoms with Crippen LogP contribution in [0.1, 0.15) is 12.8 Å². The molecule has 0 amide bonds. The summed E-state index contributed by atoms with van der Waals surface area (Å²) in [5.74, 6) is 0. The van der Waals surface area contributed by atoms with Crippen LogP contribution in [0.2, 0.25) is 0 Å².